The molecule has 3 nitrogen and oxygen atoms in total. The lowest BCUT2D eigenvalue weighted by Gasteiger charge is -2.26. The first-order valence-corrected chi connectivity index (χ1v) is 3.11. The molecule has 1 heterocycles. The first-order chi connectivity index (χ1) is 4.43. The van der Waals surface area contributed by atoms with Crippen LogP contribution in [-0.4, -0.2) is 25.8 Å². The van der Waals surface area contributed by atoms with Crippen LogP contribution < -0.4 is 5.32 Å². The third-order valence-corrected chi connectivity index (χ3v) is 1.31. The van der Waals surface area contributed by atoms with Gasteiger partial charge in [-0.15, -0.1) is 0 Å². The molecule has 0 spiro atoms. The number of hydrogen-bond acceptors (Lipinski definition) is 3. The van der Waals surface area contributed by atoms with E-state index < -0.39 is 0 Å². The molecule has 1 fully saturated rings. The first-order valence-electron chi connectivity index (χ1n) is 3.11. The van der Waals surface area contributed by atoms with Crippen LogP contribution in [0.1, 0.15) is 6.42 Å². The molecule has 0 aromatic rings. The Kier molecular flexibility index (Phi) is 2.49. The van der Waals surface area contributed by atoms with Gasteiger partial charge in [-0.25, -0.2) is 0 Å². The number of nitrogens with one attached hydrogen (secondary N) is 1. The Labute approximate surface area is 54.6 Å². The van der Waals surface area contributed by atoms with Gasteiger partial charge in [0.15, 0.2) is 0 Å². The van der Waals surface area contributed by atoms with Crippen molar-refractivity contribution in [2.45, 2.75) is 12.5 Å². The molecular weight excluding hydrogens is 116 g/mol. The molecule has 0 bridgehead atoms. The van der Waals surface area contributed by atoms with E-state index in [4.69, 9.17) is 10.00 Å². The van der Waals surface area contributed by atoms with Crippen LogP contribution in [0.2, 0.25) is 0 Å². The Morgan fingerprint density at radius 3 is 2.89 bits per heavy atom. The molecule has 1 saturated heterocycles. The minimum Gasteiger partial charge on any atom is -0.378 e. The van der Waals surface area contributed by atoms with Gasteiger partial charge in [-0.2, -0.15) is 5.26 Å². The molecule has 3 heteroatoms. The maximum absolute atomic E-state index is 8.15. The molecular formula is C6H10N2O. The molecule has 0 radical (unpaired) electrons. The van der Waals surface area contributed by atoms with Gasteiger partial charge in [0.1, 0.15) is 0 Å². The number of nitrogens with zero attached hydrogens (tertiary/aromatic N) is 1. The van der Waals surface area contributed by atoms with Gasteiger partial charge in [-0.3, -0.25) is 0 Å². The van der Waals surface area contributed by atoms with Crippen LogP contribution in [0, 0.1) is 11.3 Å². The van der Waals surface area contributed by atoms with E-state index in [1.165, 1.54) is 0 Å². The van der Waals surface area contributed by atoms with Gasteiger partial charge in [-0.1, -0.05) is 0 Å². The minimum absolute atomic E-state index is 0.512. The minimum atomic E-state index is 0.512. The SMILES string of the molecule is N#CCCNC1COC1. The predicted octanol–water partition coefficient (Wildman–Crippen LogP) is -0.112. The van der Waals surface area contributed by atoms with E-state index >= 15 is 0 Å². The molecule has 1 aliphatic rings. The summed E-state index contributed by atoms with van der Waals surface area (Å²) in [5, 5.41) is 11.3. The highest BCUT2D eigenvalue weighted by molar-refractivity contribution is 4.76. The Morgan fingerprint density at radius 2 is 2.44 bits per heavy atom. The molecule has 9 heavy (non-hydrogen) atoms. The van der Waals surface area contributed by atoms with Crippen molar-refractivity contribution in [1.29, 1.82) is 5.26 Å². The molecule has 0 aromatic carbocycles. The summed E-state index contributed by atoms with van der Waals surface area (Å²) >= 11 is 0. The van der Waals surface area contributed by atoms with E-state index in [1.807, 2.05) is 0 Å². The molecule has 0 amide bonds. The zero-order valence-corrected chi connectivity index (χ0v) is 5.26. The summed E-state index contributed by atoms with van der Waals surface area (Å²) in [7, 11) is 0. The van der Waals surface area contributed by atoms with Crippen molar-refractivity contribution in [1.82, 2.24) is 5.32 Å². The summed E-state index contributed by atoms with van der Waals surface area (Å²) in [5.74, 6) is 0. The summed E-state index contributed by atoms with van der Waals surface area (Å²) in [6.07, 6.45) is 0.594. The molecule has 0 aliphatic carbocycles. The lowest BCUT2D eigenvalue weighted by atomic mass is 10.2. The summed E-state index contributed by atoms with van der Waals surface area (Å²) in [6, 6.07) is 2.58. The van der Waals surface area contributed by atoms with Crippen LogP contribution in [0.4, 0.5) is 0 Å². The van der Waals surface area contributed by atoms with Crippen LogP contribution >= 0.6 is 0 Å². The average Bonchev–Trinajstić information content (AvgIpc) is 1.76. The highest BCUT2D eigenvalue weighted by Gasteiger charge is 2.15. The second-order valence-corrected chi connectivity index (χ2v) is 2.10. The molecule has 1 N–H and O–H groups in total. The van der Waals surface area contributed by atoms with Crippen molar-refractivity contribution >= 4 is 0 Å². The maximum atomic E-state index is 8.15. The van der Waals surface area contributed by atoms with Gasteiger partial charge >= 0.3 is 0 Å². The number of rotatable bonds is 3. The van der Waals surface area contributed by atoms with Gasteiger partial charge < -0.3 is 10.1 Å². The van der Waals surface area contributed by atoms with Crippen LogP contribution in [0.25, 0.3) is 0 Å². The van der Waals surface area contributed by atoms with Crippen molar-refractivity contribution in [3.05, 3.63) is 0 Å². The van der Waals surface area contributed by atoms with Gasteiger partial charge in [0, 0.05) is 13.0 Å². The average molecular weight is 126 g/mol. The van der Waals surface area contributed by atoms with E-state index in [-0.39, 0.29) is 0 Å². The fourth-order valence-corrected chi connectivity index (χ4v) is 0.686. The number of nitriles is 1. The van der Waals surface area contributed by atoms with Crippen LogP contribution in [0.3, 0.4) is 0 Å². The van der Waals surface area contributed by atoms with E-state index in [0.717, 1.165) is 19.8 Å². The Balaban J connectivity index is 1.87. The van der Waals surface area contributed by atoms with E-state index in [2.05, 4.69) is 11.4 Å². The third-order valence-electron chi connectivity index (χ3n) is 1.31. The lowest BCUT2D eigenvalue weighted by molar-refractivity contribution is -0.00456. The van der Waals surface area contributed by atoms with E-state index in [1.54, 1.807) is 0 Å². The summed E-state index contributed by atoms with van der Waals surface area (Å²) < 4.78 is 4.92. The molecule has 0 saturated carbocycles. The fourth-order valence-electron chi connectivity index (χ4n) is 0.686. The molecule has 1 aliphatic heterocycles. The zero-order chi connectivity index (χ0) is 6.53. The Hall–Kier alpha value is -0.590. The molecule has 0 aromatic heterocycles. The van der Waals surface area contributed by atoms with Gasteiger partial charge in [-0.05, 0) is 0 Å². The predicted molar refractivity (Wildman–Crippen MR) is 32.8 cm³/mol. The number of hydrogen-bond donors (Lipinski definition) is 1. The highest BCUT2D eigenvalue weighted by Crippen LogP contribution is 1.98. The standard InChI is InChI=1S/C6H10N2O/c7-2-1-3-8-6-4-9-5-6/h6,8H,1,3-5H2. The van der Waals surface area contributed by atoms with Crippen molar-refractivity contribution in [2.24, 2.45) is 0 Å². The molecule has 50 valence electrons. The second-order valence-electron chi connectivity index (χ2n) is 2.10. The number of ether oxygens (including phenoxy) is 1. The van der Waals surface area contributed by atoms with Gasteiger partial charge in [0.05, 0.1) is 25.3 Å². The zero-order valence-electron chi connectivity index (χ0n) is 5.26. The van der Waals surface area contributed by atoms with E-state index in [0.29, 0.717) is 12.5 Å². The topological polar surface area (TPSA) is 45.0 Å². The van der Waals surface area contributed by atoms with Crippen molar-refractivity contribution in [2.75, 3.05) is 19.8 Å². The normalized spacial score (nSPS) is 18.6. The largest absolute Gasteiger partial charge is 0.378 e. The summed E-state index contributed by atoms with van der Waals surface area (Å²) in [4.78, 5) is 0. The monoisotopic (exact) mass is 126 g/mol. The second kappa shape index (κ2) is 3.44. The first kappa shape index (κ1) is 6.53. The van der Waals surface area contributed by atoms with Crippen LogP contribution in [-0.2, 0) is 4.74 Å². The molecule has 0 atom stereocenters. The van der Waals surface area contributed by atoms with Crippen LogP contribution in [0.15, 0.2) is 0 Å². The summed E-state index contributed by atoms with van der Waals surface area (Å²) in [5.41, 5.74) is 0. The van der Waals surface area contributed by atoms with Crippen LogP contribution in [0.5, 0.6) is 0 Å². The lowest BCUT2D eigenvalue weighted by Crippen LogP contribution is -2.46. The van der Waals surface area contributed by atoms with Crippen molar-refractivity contribution < 1.29 is 4.74 Å². The maximum Gasteiger partial charge on any atom is 0.0643 e. The molecule has 1 rings (SSSR count). The van der Waals surface area contributed by atoms with Crippen molar-refractivity contribution in [3.8, 4) is 6.07 Å². The Bertz CT molecular complexity index is 115. The van der Waals surface area contributed by atoms with Crippen molar-refractivity contribution in [3.63, 3.8) is 0 Å². The third kappa shape index (κ3) is 2.00. The van der Waals surface area contributed by atoms with Gasteiger partial charge in [0.25, 0.3) is 0 Å². The molecule has 0 unspecified atom stereocenters. The smallest absolute Gasteiger partial charge is 0.0643 e. The van der Waals surface area contributed by atoms with Gasteiger partial charge in [0.2, 0.25) is 0 Å². The Morgan fingerprint density at radius 1 is 1.67 bits per heavy atom. The fraction of sp³-hybridized carbons (Fsp3) is 0.833. The quantitative estimate of drug-likeness (QED) is 0.536. The highest BCUT2D eigenvalue weighted by atomic mass is 16.5. The van der Waals surface area contributed by atoms with E-state index in [9.17, 15) is 0 Å². The summed E-state index contributed by atoms with van der Waals surface area (Å²) in [6.45, 7) is 2.42.